The van der Waals surface area contributed by atoms with Crippen molar-refractivity contribution >= 4 is 17.2 Å². The number of fused-ring (bicyclic) bond motifs is 1. The summed E-state index contributed by atoms with van der Waals surface area (Å²) in [6.45, 7) is 0.381. The molecule has 0 aliphatic heterocycles. The lowest BCUT2D eigenvalue weighted by Crippen LogP contribution is -2.25. The predicted molar refractivity (Wildman–Crippen MR) is 62.8 cm³/mol. The van der Waals surface area contributed by atoms with Crippen molar-refractivity contribution in [2.45, 2.75) is 12.6 Å². The van der Waals surface area contributed by atoms with Crippen LogP contribution in [0.5, 0.6) is 0 Å². The minimum atomic E-state index is -0.571. The zero-order valence-electron chi connectivity index (χ0n) is 8.80. The van der Waals surface area contributed by atoms with E-state index in [4.69, 9.17) is 5.73 Å². The fourth-order valence-electron chi connectivity index (χ4n) is 1.72. The Morgan fingerprint density at radius 3 is 2.69 bits per heavy atom. The van der Waals surface area contributed by atoms with Gasteiger partial charge < -0.3 is 4.74 Å². The molecule has 0 radical (unpaired) electrons. The van der Waals surface area contributed by atoms with Crippen molar-refractivity contribution in [1.82, 2.24) is 0 Å². The van der Waals surface area contributed by atoms with Gasteiger partial charge in [0.15, 0.2) is 6.23 Å². The zero-order chi connectivity index (χ0) is 11.4. The van der Waals surface area contributed by atoms with E-state index in [2.05, 4.69) is 16.9 Å². The van der Waals surface area contributed by atoms with Crippen LogP contribution in [0.3, 0.4) is 0 Å². The molecule has 1 atom stereocenters. The lowest BCUT2D eigenvalue weighted by molar-refractivity contribution is -0.133. The fourth-order valence-corrected chi connectivity index (χ4v) is 1.72. The van der Waals surface area contributed by atoms with E-state index in [0.717, 1.165) is 5.56 Å². The largest absolute Gasteiger partial charge is 0.449 e. The van der Waals surface area contributed by atoms with E-state index in [1.807, 2.05) is 30.3 Å². The van der Waals surface area contributed by atoms with Crippen LogP contribution < -0.4 is 5.73 Å². The first-order valence-corrected chi connectivity index (χ1v) is 5.12. The second-order valence-corrected chi connectivity index (χ2v) is 3.66. The number of hydrogen-bond acceptors (Lipinski definition) is 3. The molecule has 2 N–H and O–H groups in total. The summed E-state index contributed by atoms with van der Waals surface area (Å²) >= 11 is 0. The quantitative estimate of drug-likeness (QED) is 0.625. The molecule has 0 fully saturated rings. The molecule has 2 rings (SSSR count). The maximum Gasteiger partial charge on any atom is 0.294 e. The molecule has 0 bridgehead atoms. The molecular formula is C13H13NO2. The van der Waals surface area contributed by atoms with Crippen LogP contribution in [0.2, 0.25) is 0 Å². The minimum Gasteiger partial charge on any atom is -0.449 e. The van der Waals surface area contributed by atoms with Gasteiger partial charge in [-0.1, -0.05) is 42.5 Å². The Balaban J connectivity index is 2.22. The Morgan fingerprint density at radius 2 is 1.94 bits per heavy atom. The summed E-state index contributed by atoms with van der Waals surface area (Å²) in [4.78, 5) is 10.1. The molecule has 0 amide bonds. The molecule has 0 aliphatic carbocycles. The van der Waals surface area contributed by atoms with Crippen molar-refractivity contribution in [3.8, 4) is 0 Å². The summed E-state index contributed by atoms with van der Waals surface area (Å²) in [5, 5.41) is 2.36. The highest BCUT2D eigenvalue weighted by atomic mass is 16.5. The average molecular weight is 215 g/mol. The van der Waals surface area contributed by atoms with Crippen molar-refractivity contribution in [3.05, 3.63) is 48.0 Å². The van der Waals surface area contributed by atoms with E-state index < -0.39 is 6.23 Å². The third kappa shape index (κ3) is 2.38. The zero-order valence-corrected chi connectivity index (χ0v) is 8.80. The third-order valence-corrected chi connectivity index (χ3v) is 2.48. The van der Waals surface area contributed by atoms with Gasteiger partial charge in [-0.25, -0.2) is 0 Å². The topological polar surface area (TPSA) is 52.3 Å². The molecule has 0 saturated heterocycles. The Morgan fingerprint density at radius 1 is 1.19 bits per heavy atom. The molecule has 82 valence electrons. The van der Waals surface area contributed by atoms with E-state index in [1.54, 1.807) is 0 Å². The summed E-state index contributed by atoms with van der Waals surface area (Å²) in [6.07, 6.45) is -0.0394. The van der Waals surface area contributed by atoms with Gasteiger partial charge in [0.25, 0.3) is 6.47 Å². The molecule has 2 aromatic rings. The highest BCUT2D eigenvalue weighted by Crippen LogP contribution is 2.16. The Hall–Kier alpha value is -1.87. The normalized spacial score (nSPS) is 12.3. The third-order valence-electron chi connectivity index (χ3n) is 2.48. The number of carbonyl (C=O) groups excluding carboxylic acids is 1. The molecule has 0 aliphatic rings. The summed E-state index contributed by atoms with van der Waals surface area (Å²) in [7, 11) is 0. The number of nitrogens with two attached hydrogens (primary N) is 1. The van der Waals surface area contributed by atoms with Gasteiger partial charge >= 0.3 is 0 Å². The first kappa shape index (κ1) is 10.6. The number of ether oxygens (including phenoxy) is 1. The van der Waals surface area contributed by atoms with Gasteiger partial charge in [0, 0.05) is 6.42 Å². The summed E-state index contributed by atoms with van der Waals surface area (Å²) in [5.74, 6) is 0. The maximum atomic E-state index is 10.1. The van der Waals surface area contributed by atoms with Gasteiger partial charge in [-0.3, -0.25) is 10.5 Å². The van der Waals surface area contributed by atoms with Crippen molar-refractivity contribution in [1.29, 1.82) is 0 Å². The molecule has 3 nitrogen and oxygen atoms in total. The molecule has 0 saturated carbocycles. The van der Waals surface area contributed by atoms with Crippen molar-refractivity contribution in [2.75, 3.05) is 0 Å². The number of hydrogen-bond donors (Lipinski definition) is 1. The molecule has 3 heteroatoms. The monoisotopic (exact) mass is 215 g/mol. The molecule has 16 heavy (non-hydrogen) atoms. The van der Waals surface area contributed by atoms with Crippen LogP contribution in [-0.2, 0) is 16.0 Å². The molecule has 0 heterocycles. The minimum absolute atomic E-state index is 0.381. The Labute approximate surface area is 93.8 Å². The standard InChI is InChI=1S/C13H13NO2/c14-13(16-9-15)8-10-5-6-11-3-1-2-4-12(11)7-10/h1-7,9,13H,8,14H2/t13-/m1/s1. The van der Waals surface area contributed by atoms with Gasteiger partial charge in [-0.2, -0.15) is 0 Å². The van der Waals surface area contributed by atoms with Crippen LogP contribution in [-0.4, -0.2) is 12.7 Å². The number of rotatable bonds is 4. The van der Waals surface area contributed by atoms with Crippen molar-refractivity contribution in [2.24, 2.45) is 5.73 Å². The second-order valence-electron chi connectivity index (χ2n) is 3.66. The smallest absolute Gasteiger partial charge is 0.294 e. The summed E-state index contributed by atoms with van der Waals surface area (Å²) < 4.78 is 4.66. The lowest BCUT2D eigenvalue weighted by Gasteiger charge is -2.09. The first-order valence-electron chi connectivity index (χ1n) is 5.12. The molecule has 0 spiro atoms. The highest BCUT2D eigenvalue weighted by molar-refractivity contribution is 5.82. The highest BCUT2D eigenvalue weighted by Gasteiger charge is 2.04. The lowest BCUT2D eigenvalue weighted by atomic mass is 10.0. The summed E-state index contributed by atoms with van der Waals surface area (Å²) in [6, 6.07) is 14.2. The summed E-state index contributed by atoms with van der Waals surface area (Å²) in [5.41, 5.74) is 6.67. The Bertz CT molecular complexity index is 496. The van der Waals surface area contributed by atoms with E-state index in [1.165, 1.54) is 10.8 Å². The molecule has 2 aromatic carbocycles. The van der Waals surface area contributed by atoms with Gasteiger partial charge in [-0.05, 0) is 16.3 Å². The van der Waals surface area contributed by atoms with Crippen LogP contribution in [0.4, 0.5) is 0 Å². The van der Waals surface area contributed by atoms with E-state index in [-0.39, 0.29) is 0 Å². The van der Waals surface area contributed by atoms with Gasteiger partial charge in [0.1, 0.15) is 0 Å². The maximum absolute atomic E-state index is 10.1. The van der Waals surface area contributed by atoms with Gasteiger partial charge in [0.2, 0.25) is 0 Å². The molecular weight excluding hydrogens is 202 g/mol. The van der Waals surface area contributed by atoms with E-state index in [0.29, 0.717) is 12.9 Å². The van der Waals surface area contributed by atoms with Gasteiger partial charge in [0.05, 0.1) is 0 Å². The predicted octanol–water partition coefficient (Wildman–Crippen LogP) is 1.84. The van der Waals surface area contributed by atoms with E-state index >= 15 is 0 Å². The Kier molecular flexibility index (Phi) is 3.17. The van der Waals surface area contributed by atoms with Crippen LogP contribution in [0, 0.1) is 0 Å². The van der Waals surface area contributed by atoms with Crippen molar-refractivity contribution in [3.63, 3.8) is 0 Å². The van der Waals surface area contributed by atoms with Crippen LogP contribution in [0.25, 0.3) is 10.8 Å². The van der Waals surface area contributed by atoms with Crippen LogP contribution in [0.1, 0.15) is 5.56 Å². The van der Waals surface area contributed by atoms with Crippen LogP contribution in [0.15, 0.2) is 42.5 Å². The first-order chi connectivity index (χ1) is 7.79. The number of carbonyl (C=O) groups is 1. The average Bonchev–Trinajstić information content (AvgIpc) is 2.29. The van der Waals surface area contributed by atoms with Crippen molar-refractivity contribution < 1.29 is 9.53 Å². The molecule has 0 unspecified atom stereocenters. The SMILES string of the molecule is N[C@@H](Cc1ccc2ccccc2c1)OC=O. The number of benzene rings is 2. The van der Waals surface area contributed by atoms with E-state index in [9.17, 15) is 4.79 Å². The molecule has 0 aromatic heterocycles. The second kappa shape index (κ2) is 4.77. The van der Waals surface area contributed by atoms with Crippen LogP contribution >= 0.6 is 0 Å². The fraction of sp³-hybridized carbons (Fsp3) is 0.154. The van der Waals surface area contributed by atoms with Gasteiger partial charge in [-0.15, -0.1) is 0 Å².